The molecule has 1 aromatic heterocycles. The molecule has 0 spiro atoms. The molecule has 0 radical (unpaired) electrons. The highest BCUT2D eigenvalue weighted by molar-refractivity contribution is 9.10. The van der Waals surface area contributed by atoms with Crippen molar-refractivity contribution in [3.05, 3.63) is 52.5 Å². The van der Waals surface area contributed by atoms with Crippen LogP contribution in [-0.4, -0.2) is 18.4 Å². The van der Waals surface area contributed by atoms with E-state index in [1.807, 2.05) is 6.92 Å². The summed E-state index contributed by atoms with van der Waals surface area (Å²) in [5.41, 5.74) is 1.43. The zero-order valence-corrected chi connectivity index (χ0v) is 12.6. The molecule has 1 heterocycles. The Bertz CT molecular complexity index is 672. The lowest BCUT2D eigenvalue weighted by Gasteiger charge is -2.06. The summed E-state index contributed by atoms with van der Waals surface area (Å²) in [7, 11) is -3.52. The predicted molar refractivity (Wildman–Crippen MR) is 74.9 cm³/mol. The Kier molecular flexibility index (Phi) is 4.28. The SMILES string of the molecule is Cc1cc(CNS(=O)(=O)c2ccc(Br)cc2)ncn1. The summed E-state index contributed by atoms with van der Waals surface area (Å²) in [6, 6.07) is 8.19. The van der Waals surface area contributed by atoms with Gasteiger partial charge in [-0.25, -0.2) is 23.1 Å². The first-order valence-electron chi connectivity index (χ1n) is 5.50. The van der Waals surface area contributed by atoms with Gasteiger partial charge in [0.05, 0.1) is 17.1 Å². The molecular weight excluding hydrogens is 330 g/mol. The van der Waals surface area contributed by atoms with Gasteiger partial charge in [-0.1, -0.05) is 15.9 Å². The van der Waals surface area contributed by atoms with Gasteiger partial charge in [0.25, 0.3) is 0 Å². The van der Waals surface area contributed by atoms with Gasteiger partial charge in [-0.2, -0.15) is 0 Å². The maximum Gasteiger partial charge on any atom is 0.240 e. The van der Waals surface area contributed by atoms with E-state index in [1.54, 1.807) is 18.2 Å². The van der Waals surface area contributed by atoms with E-state index in [9.17, 15) is 8.42 Å². The van der Waals surface area contributed by atoms with E-state index in [2.05, 4.69) is 30.6 Å². The average molecular weight is 342 g/mol. The zero-order chi connectivity index (χ0) is 13.9. The van der Waals surface area contributed by atoms with Gasteiger partial charge in [-0.15, -0.1) is 0 Å². The van der Waals surface area contributed by atoms with Crippen LogP contribution in [0, 0.1) is 6.92 Å². The van der Waals surface area contributed by atoms with Gasteiger partial charge < -0.3 is 0 Å². The maximum atomic E-state index is 12.0. The molecule has 7 heteroatoms. The molecule has 0 amide bonds. The molecule has 0 saturated carbocycles. The molecule has 2 rings (SSSR count). The summed E-state index contributed by atoms with van der Waals surface area (Å²) in [5.74, 6) is 0. The molecular formula is C12H12BrN3O2S. The molecule has 2 aromatic rings. The third-order valence-electron chi connectivity index (χ3n) is 2.43. The minimum absolute atomic E-state index is 0.141. The van der Waals surface area contributed by atoms with Crippen LogP contribution in [0.5, 0.6) is 0 Å². The number of nitrogens with one attached hydrogen (secondary N) is 1. The molecule has 0 aliphatic carbocycles. The Morgan fingerprint density at radius 3 is 2.53 bits per heavy atom. The first-order valence-corrected chi connectivity index (χ1v) is 7.78. The summed E-state index contributed by atoms with van der Waals surface area (Å²) in [4.78, 5) is 8.19. The van der Waals surface area contributed by atoms with E-state index < -0.39 is 10.0 Å². The first-order chi connectivity index (χ1) is 8.97. The van der Waals surface area contributed by atoms with Crippen LogP contribution in [0.2, 0.25) is 0 Å². The molecule has 0 fully saturated rings. The molecule has 0 aliphatic heterocycles. The lowest BCUT2D eigenvalue weighted by Crippen LogP contribution is -2.23. The van der Waals surface area contributed by atoms with Crippen molar-refractivity contribution >= 4 is 26.0 Å². The van der Waals surface area contributed by atoms with E-state index in [-0.39, 0.29) is 11.4 Å². The fraction of sp³-hybridized carbons (Fsp3) is 0.167. The third-order valence-corrected chi connectivity index (χ3v) is 4.37. The predicted octanol–water partition coefficient (Wildman–Crippen LogP) is 2.03. The van der Waals surface area contributed by atoms with Crippen molar-refractivity contribution in [1.29, 1.82) is 0 Å². The second kappa shape index (κ2) is 5.77. The fourth-order valence-corrected chi connectivity index (χ4v) is 2.74. The lowest BCUT2D eigenvalue weighted by atomic mass is 10.3. The lowest BCUT2D eigenvalue weighted by molar-refractivity contribution is 0.580. The number of hydrogen-bond acceptors (Lipinski definition) is 4. The number of sulfonamides is 1. The van der Waals surface area contributed by atoms with Gasteiger partial charge in [0.2, 0.25) is 10.0 Å². The Morgan fingerprint density at radius 1 is 1.21 bits per heavy atom. The van der Waals surface area contributed by atoms with Crippen molar-refractivity contribution in [2.24, 2.45) is 0 Å². The van der Waals surface area contributed by atoms with E-state index in [1.165, 1.54) is 18.5 Å². The van der Waals surface area contributed by atoms with Crippen LogP contribution < -0.4 is 4.72 Å². The fourth-order valence-electron chi connectivity index (χ4n) is 1.47. The molecule has 1 N–H and O–H groups in total. The maximum absolute atomic E-state index is 12.0. The summed E-state index contributed by atoms with van der Waals surface area (Å²) in [6.45, 7) is 1.97. The van der Waals surface area contributed by atoms with Crippen LogP contribution in [0.4, 0.5) is 0 Å². The van der Waals surface area contributed by atoms with E-state index in [0.717, 1.165) is 10.2 Å². The number of rotatable bonds is 4. The highest BCUT2D eigenvalue weighted by atomic mass is 79.9. The molecule has 0 aliphatic rings. The van der Waals surface area contributed by atoms with Crippen molar-refractivity contribution in [2.45, 2.75) is 18.4 Å². The second-order valence-electron chi connectivity index (χ2n) is 3.93. The zero-order valence-electron chi connectivity index (χ0n) is 10.2. The summed E-state index contributed by atoms with van der Waals surface area (Å²) in [5, 5.41) is 0. The van der Waals surface area contributed by atoms with Crippen LogP contribution >= 0.6 is 15.9 Å². The summed E-state index contributed by atoms with van der Waals surface area (Å²) < 4.78 is 27.4. The van der Waals surface area contributed by atoms with Crippen LogP contribution in [0.15, 0.2) is 46.0 Å². The molecule has 19 heavy (non-hydrogen) atoms. The van der Waals surface area contributed by atoms with Crippen molar-refractivity contribution < 1.29 is 8.42 Å². The topological polar surface area (TPSA) is 72.0 Å². The molecule has 0 atom stereocenters. The van der Waals surface area contributed by atoms with Crippen LogP contribution in [-0.2, 0) is 16.6 Å². The molecule has 0 bridgehead atoms. The largest absolute Gasteiger partial charge is 0.242 e. The van der Waals surface area contributed by atoms with E-state index in [0.29, 0.717) is 5.69 Å². The number of aryl methyl sites for hydroxylation is 1. The minimum Gasteiger partial charge on any atom is -0.242 e. The highest BCUT2D eigenvalue weighted by Gasteiger charge is 2.13. The number of halogens is 1. The Hall–Kier alpha value is -1.31. The van der Waals surface area contributed by atoms with Gasteiger partial charge in [0.1, 0.15) is 6.33 Å². The Balaban J connectivity index is 2.12. The van der Waals surface area contributed by atoms with Crippen molar-refractivity contribution in [1.82, 2.24) is 14.7 Å². The van der Waals surface area contributed by atoms with Gasteiger partial charge in [-0.05, 0) is 37.3 Å². The summed E-state index contributed by atoms with van der Waals surface area (Å²) in [6.07, 6.45) is 1.42. The van der Waals surface area contributed by atoms with Crippen LogP contribution in [0.3, 0.4) is 0 Å². The van der Waals surface area contributed by atoms with Gasteiger partial charge >= 0.3 is 0 Å². The number of aromatic nitrogens is 2. The molecule has 100 valence electrons. The smallest absolute Gasteiger partial charge is 0.240 e. The Labute approximate surface area is 120 Å². The normalized spacial score (nSPS) is 11.5. The minimum atomic E-state index is -3.52. The quantitative estimate of drug-likeness (QED) is 0.923. The number of benzene rings is 1. The van der Waals surface area contributed by atoms with Crippen molar-refractivity contribution in [3.8, 4) is 0 Å². The van der Waals surface area contributed by atoms with Gasteiger partial charge in [0, 0.05) is 10.2 Å². The van der Waals surface area contributed by atoms with E-state index >= 15 is 0 Å². The van der Waals surface area contributed by atoms with Crippen LogP contribution in [0.25, 0.3) is 0 Å². The standard InChI is InChI=1S/C12H12BrN3O2S/c1-9-6-11(15-8-14-9)7-16-19(17,18)12-4-2-10(13)3-5-12/h2-6,8,16H,7H2,1H3. The second-order valence-corrected chi connectivity index (χ2v) is 6.61. The molecule has 0 unspecified atom stereocenters. The molecule has 5 nitrogen and oxygen atoms in total. The van der Waals surface area contributed by atoms with Crippen LogP contribution in [0.1, 0.15) is 11.4 Å². The monoisotopic (exact) mass is 341 g/mol. The van der Waals surface area contributed by atoms with Gasteiger partial charge in [-0.3, -0.25) is 0 Å². The van der Waals surface area contributed by atoms with E-state index in [4.69, 9.17) is 0 Å². The molecule has 1 aromatic carbocycles. The van der Waals surface area contributed by atoms with Crippen molar-refractivity contribution in [3.63, 3.8) is 0 Å². The third kappa shape index (κ3) is 3.82. The average Bonchev–Trinajstić information content (AvgIpc) is 2.37. The van der Waals surface area contributed by atoms with Gasteiger partial charge in [0.15, 0.2) is 0 Å². The Morgan fingerprint density at radius 2 is 1.89 bits per heavy atom. The molecule has 0 saturated heterocycles. The first kappa shape index (κ1) is 14.1. The number of hydrogen-bond donors (Lipinski definition) is 1. The highest BCUT2D eigenvalue weighted by Crippen LogP contribution is 2.14. The number of nitrogens with zero attached hydrogens (tertiary/aromatic N) is 2. The summed E-state index contributed by atoms with van der Waals surface area (Å²) >= 11 is 3.26. The van der Waals surface area contributed by atoms with Crippen molar-refractivity contribution in [2.75, 3.05) is 0 Å².